The molecule has 0 radical (unpaired) electrons. The number of halogens is 5. The van der Waals surface area contributed by atoms with E-state index in [2.05, 4.69) is 42.3 Å². The van der Waals surface area contributed by atoms with Crippen molar-refractivity contribution < 1.29 is 36.3 Å². The van der Waals surface area contributed by atoms with Crippen LogP contribution >= 0.6 is 0 Å². The quantitative estimate of drug-likeness (QED) is 0.119. The number of nitrogens with one attached hydrogen (secondary N) is 2. The number of amides is 2. The number of nitrogens with zero attached hydrogens (tertiary/aromatic N) is 6. The summed E-state index contributed by atoms with van der Waals surface area (Å²) in [5.41, 5.74) is 4.07. The number of carbonyl (C=O) groups is 2. The molecule has 0 saturated carbocycles. The van der Waals surface area contributed by atoms with Gasteiger partial charge in [-0.1, -0.05) is 30.9 Å². The molecular formula is C35H36F5N9O3. The van der Waals surface area contributed by atoms with Gasteiger partial charge in [0.2, 0.25) is 6.43 Å². The Balaban J connectivity index is 1.55. The number of carbonyl (C=O) groups excluding carboxylic acids is 2. The Bertz CT molecular complexity index is 2150. The van der Waals surface area contributed by atoms with Gasteiger partial charge < -0.3 is 21.1 Å². The summed E-state index contributed by atoms with van der Waals surface area (Å²) >= 11 is 0. The largest absolute Gasteiger partial charge is 0.445 e. The van der Waals surface area contributed by atoms with Crippen molar-refractivity contribution >= 4 is 34.7 Å². The first-order valence-electron chi connectivity index (χ1n) is 16.0. The molecule has 3 aromatic heterocycles. The summed E-state index contributed by atoms with van der Waals surface area (Å²) < 4.78 is 77.5. The first-order valence-corrected chi connectivity index (χ1v) is 16.0. The van der Waals surface area contributed by atoms with Crippen LogP contribution in [-0.4, -0.2) is 67.7 Å². The second-order valence-corrected chi connectivity index (χ2v) is 13.2. The molecule has 4 aromatic rings. The number of hydrogen-bond acceptors (Lipinski definition) is 9. The number of amidine groups is 1. The molecule has 1 unspecified atom stereocenters. The van der Waals surface area contributed by atoms with E-state index in [-0.39, 0.29) is 69.9 Å². The van der Waals surface area contributed by atoms with Crippen molar-refractivity contribution in [2.45, 2.75) is 65.0 Å². The van der Waals surface area contributed by atoms with E-state index in [9.17, 15) is 31.5 Å². The van der Waals surface area contributed by atoms with Crippen LogP contribution in [0.1, 0.15) is 61.4 Å². The Kier molecular flexibility index (Phi) is 10.4. The maximum atomic E-state index is 14.9. The van der Waals surface area contributed by atoms with Crippen LogP contribution in [0.4, 0.5) is 32.6 Å². The highest BCUT2D eigenvalue weighted by atomic mass is 19.3. The number of alkyl carbamates (subject to hydrolysis) is 1. The summed E-state index contributed by atoms with van der Waals surface area (Å²) in [5, 5.41) is 9.57. The average molecular weight is 726 g/mol. The van der Waals surface area contributed by atoms with Crippen LogP contribution in [0.25, 0.3) is 22.6 Å². The number of rotatable bonds is 12. The van der Waals surface area contributed by atoms with Crippen LogP contribution in [0.15, 0.2) is 53.6 Å². The molecule has 2 amide bonds. The first kappa shape index (κ1) is 37.5. The molecule has 1 aliphatic heterocycles. The second-order valence-electron chi connectivity index (χ2n) is 13.2. The van der Waals surface area contributed by atoms with Gasteiger partial charge in [-0.25, -0.2) is 51.4 Å². The minimum absolute atomic E-state index is 0.00155. The number of ether oxygens (including phenoxy) is 1. The summed E-state index contributed by atoms with van der Waals surface area (Å²) in [5.74, 6) is -3.87. The number of hydrogen-bond donors (Lipinski definition) is 3. The zero-order chi connectivity index (χ0) is 38.1. The lowest BCUT2D eigenvalue weighted by molar-refractivity contribution is 0.0803. The van der Waals surface area contributed by atoms with Crippen molar-refractivity contribution in [1.82, 2.24) is 35.4 Å². The monoisotopic (exact) mass is 725 g/mol. The average Bonchev–Trinajstić information content (AvgIpc) is 3.52. The Morgan fingerprint density at radius 1 is 1.15 bits per heavy atom. The second kappa shape index (κ2) is 14.5. The van der Waals surface area contributed by atoms with Crippen molar-refractivity contribution in [3.63, 3.8) is 0 Å². The van der Waals surface area contributed by atoms with E-state index in [4.69, 9.17) is 10.5 Å². The van der Waals surface area contributed by atoms with Gasteiger partial charge in [-0.3, -0.25) is 4.79 Å². The van der Waals surface area contributed by atoms with Gasteiger partial charge in [0.1, 0.15) is 29.6 Å². The zero-order valence-corrected chi connectivity index (χ0v) is 29.0. The lowest BCUT2D eigenvalue weighted by Crippen LogP contribution is -2.55. The molecule has 12 nitrogen and oxygen atoms in total. The van der Waals surface area contributed by atoms with Crippen molar-refractivity contribution in [3.8, 4) is 11.5 Å². The number of aryl methyl sites for hydroxylation is 1. The molecule has 0 spiro atoms. The molecule has 1 atom stereocenters. The molecule has 0 aliphatic carbocycles. The van der Waals surface area contributed by atoms with Crippen LogP contribution in [-0.2, 0) is 16.7 Å². The van der Waals surface area contributed by atoms with Crippen LogP contribution in [0.2, 0.25) is 0 Å². The normalized spacial score (nSPS) is 14.9. The third-order valence-corrected chi connectivity index (χ3v) is 8.49. The van der Waals surface area contributed by atoms with Crippen molar-refractivity contribution in [2.24, 2.45) is 10.7 Å². The van der Waals surface area contributed by atoms with Gasteiger partial charge in [0.15, 0.2) is 28.9 Å². The van der Waals surface area contributed by atoms with Crippen LogP contribution in [0.5, 0.6) is 0 Å². The van der Waals surface area contributed by atoms with E-state index < -0.39 is 59.8 Å². The molecule has 5 rings (SSSR count). The summed E-state index contributed by atoms with van der Waals surface area (Å²) in [6.45, 7) is 10.4. The molecule has 0 fully saturated rings. The fraction of sp³-hybridized carbons (Fsp3) is 0.343. The lowest BCUT2D eigenvalue weighted by atomic mass is 9.84. The van der Waals surface area contributed by atoms with Gasteiger partial charge in [-0.2, -0.15) is 5.10 Å². The molecule has 0 saturated heterocycles. The predicted octanol–water partition coefficient (Wildman–Crippen LogP) is 5.94. The van der Waals surface area contributed by atoms with Gasteiger partial charge in [0.25, 0.3) is 5.91 Å². The summed E-state index contributed by atoms with van der Waals surface area (Å²) in [6.07, 6.45) is -1.58. The Morgan fingerprint density at radius 3 is 2.58 bits per heavy atom. The fourth-order valence-corrected chi connectivity index (χ4v) is 5.60. The molecule has 0 bridgehead atoms. The molecule has 4 heterocycles. The number of benzene rings is 1. The Morgan fingerprint density at radius 2 is 1.88 bits per heavy atom. The molecule has 52 heavy (non-hydrogen) atoms. The number of allylic oxidation sites excluding steroid dienone is 2. The minimum Gasteiger partial charge on any atom is -0.445 e. The van der Waals surface area contributed by atoms with E-state index in [1.807, 2.05) is 0 Å². The minimum atomic E-state index is -2.87. The van der Waals surface area contributed by atoms with Gasteiger partial charge in [-0.05, 0) is 52.3 Å². The van der Waals surface area contributed by atoms with Crippen molar-refractivity contribution in [3.05, 3.63) is 88.5 Å². The third-order valence-electron chi connectivity index (χ3n) is 8.49. The highest BCUT2D eigenvalue weighted by molar-refractivity contribution is 6.04. The van der Waals surface area contributed by atoms with Crippen molar-refractivity contribution in [2.75, 3.05) is 13.2 Å². The molecule has 1 aromatic carbocycles. The van der Waals surface area contributed by atoms with E-state index in [0.717, 1.165) is 12.1 Å². The third kappa shape index (κ3) is 7.62. The van der Waals surface area contributed by atoms with Crippen LogP contribution in [0.3, 0.4) is 0 Å². The number of aliphatic imine (C=N–C) groups is 1. The van der Waals surface area contributed by atoms with E-state index in [0.29, 0.717) is 5.57 Å². The Labute approximate surface area is 295 Å². The highest BCUT2D eigenvalue weighted by Gasteiger charge is 2.41. The van der Waals surface area contributed by atoms with Gasteiger partial charge in [0, 0.05) is 24.1 Å². The number of aromatic nitrogens is 5. The lowest BCUT2D eigenvalue weighted by Gasteiger charge is -2.30. The van der Waals surface area contributed by atoms with Crippen LogP contribution in [0, 0.1) is 24.4 Å². The predicted molar refractivity (Wildman–Crippen MR) is 183 cm³/mol. The standard InChI is InChI=1S/C35H36F5N9O3/c1-7-9-17(2)15-52-33(51)47-35(6,13-23(38)39)16-42-31(50)27-24-28(46-32(41)34(24,4)5)45-29(44-27)26-20-12-22(37)18(3)43-30(20)49(48-26)14-19-10-8-11-21(36)25(19)40/h7-12,23H,1,13-16H2,2-6H3,(H,42,50)(H,47,51)(H2,41,44,45,46)/b17-9+. The first-order chi connectivity index (χ1) is 24.4. The SMILES string of the molecule is C=C/C=C(\C)COC(=O)NC(C)(CNC(=O)c1nc(-c2nn(Cc3cccc(F)c3F)c3nc(C)c(F)cc23)nc2c1C(C)(C)C(N)=N2)CC(F)F. The molecule has 1 aliphatic rings. The summed E-state index contributed by atoms with van der Waals surface area (Å²) in [4.78, 5) is 44.1. The topological polar surface area (TPSA) is 162 Å². The van der Waals surface area contributed by atoms with Gasteiger partial charge in [0.05, 0.1) is 28.6 Å². The molecular weight excluding hydrogens is 689 g/mol. The maximum Gasteiger partial charge on any atom is 0.407 e. The molecule has 17 heteroatoms. The van der Waals surface area contributed by atoms with Gasteiger partial charge >= 0.3 is 6.09 Å². The number of fused-ring (bicyclic) bond motifs is 2. The number of pyridine rings is 1. The van der Waals surface area contributed by atoms with Crippen molar-refractivity contribution in [1.29, 1.82) is 0 Å². The summed E-state index contributed by atoms with van der Waals surface area (Å²) in [7, 11) is 0. The zero-order valence-electron chi connectivity index (χ0n) is 29.0. The number of alkyl halides is 2. The molecule has 4 N–H and O–H groups in total. The van der Waals surface area contributed by atoms with Gasteiger partial charge in [-0.15, -0.1) is 0 Å². The Hall–Kier alpha value is -5.74. The fourth-order valence-electron chi connectivity index (χ4n) is 5.60. The highest BCUT2D eigenvalue weighted by Crippen LogP contribution is 2.41. The number of nitrogens with two attached hydrogens (primary N) is 1. The summed E-state index contributed by atoms with van der Waals surface area (Å²) in [6, 6.07) is 4.77. The van der Waals surface area contributed by atoms with E-state index in [1.165, 1.54) is 36.7 Å². The maximum absolute atomic E-state index is 14.9. The molecule has 274 valence electrons. The van der Waals surface area contributed by atoms with Crippen LogP contribution < -0.4 is 16.4 Å². The van der Waals surface area contributed by atoms with E-state index in [1.54, 1.807) is 26.8 Å². The van der Waals surface area contributed by atoms with E-state index >= 15 is 0 Å². The smallest absolute Gasteiger partial charge is 0.407 e.